The molecule has 1 rings (SSSR count). The van der Waals surface area contributed by atoms with Crippen molar-refractivity contribution in [3.63, 3.8) is 0 Å². The summed E-state index contributed by atoms with van der Waals surface area (Å²) in [4.78, 5) is 13.0. The number of hydrogen-bond donors (Lipinski definition) is 1. The zero-order valence-corrected chi connectivity index (χ0v) is 10.6. The second-order valence-corrected chi connectivity index (χ2v) is 3.98. The van der Waals surface area contributed by atoms with Gasteiger partial charge in [-0.25, -0.2) is 0 Å². The molecule has 94 valence electrons. The third kappa shape index (κ3) is 3.75. The van der Waals surface area contributed by atoms with Crippen molar-refractivity contribution in [2.75, 3.05) is 20.2 Å². The van der Waals surface area contributed by atoms with Crippen molar-refractivity contribution in [1.82, 2.24) is 4.90 Å². The van der Waals surface area contributed by atoms with Crippen molar-refractivity contribution in [2.24, 2.45) is 5.73 Å². The molecule has 0 unspecified atom stereocenters. The number of amides is 1. The molecule has 0 aliphatic rings. The van der Waals surface area contributed by atoms with E-state index in [4.69, 9.17) is 10.5 Å². The number of ether oxygens (including phenoxy) is 1. The Morgan fingerprint density at radius 1 is 1.53 bits per heavy atom. The highest BCUT2D eigenvalue weighted by atomic mass is 16.5. The van der Waals surface area contributed by atoms with Gasteiger partial charge in [-0.3, -0.25) is 9.69 Å². The third-order valence-corrected chi connectivity index (χ3v) is 2.89. The first-order valence-corrected chi connectivity index (χ1v) is 5.74. The number of rotatable bonds is 6. The highest BCUT2D eigenvalue weighted by molar-refractivity contribution is 5.76. The Bertz CT molecular complexity index is 379. The predicted molar refractivity (Wildman–Crippen MR) is 67.9 cm³/mol. The quantitative estimate of drug-likeness (QED) is 0.815. The van der Waals surface area contributed by atoms with Gasteiger partial charge < -0.3 is 10.5 Å². The number of hydrogen-bond acceptors (Lipinski definition) is 3. The van der Waals surface area contributed by atoms with E-state index < -0.39 is 0 Å². The minimum absolute atomic E-state index is 0.141. The van der Waals surface area contributed by atoms with Gasteiger partial charge in [-0.1, -0.05) is 19.1 Å². The van der Waals surface area contributed by atoms with Crippen LogP contribution in [0.4, 0.5) is 0 Å². The molecule has 1 amide bonds. The molecule has 0 saturated heterocycles. The molecule has 1 atom stereocenters. The average molecular weight is 236 g/mol. The minimum Gasteiger partial charge on any atom is -0.497 e. The van der Waals surface area contributed by atoms with Gasteiger partial charge >= 0.3 is 0 Å². The van der Waals surface area contributed by atoms with Crippen LogP contribution >= 0.6 is 0 Å². The molecule has 0 bridgehead atoms. The molecular weight excluding hydrogens is 216 g/mol. The molecule has 17 heavy (non-hydrogen) atoms. The van der Waals surface area contributed by atoms with Gasteiger partial charge in [0.25, 0.3) is 0 Å². The molecule has 0 heterocycles. The van der Waals surface area contributed by atoms with Gasteiger partial charge in [0.05, 0.1) is 13.7 Å². The van der Waals surface area contributed by atoms with Gasteiger partial charge in [0.2, 0.25) is 5.91 Å². The van der Waals surface area contributed by atoms with E-state index >= 15 is 0 Å². The molecule has 4 heteroatoms. The van der Waals surface area contributed by atoms with Gasteiger partial charge in [0.15, 0.2) is 0 Å². The van der Waals surface area contributed by atoms with E-state index in [0.29, 0.717) is 0 Å². The normalized spacial score (nSPS) is 12.5. The van der Waals surface area contributed by atoms with Gasteiger partial charge in [-0.05, 0) is 31.2 Å². The summed E-state index contributed by atoms with van der Waals surface area (Å²) in [6.07, 6.45) is 0. The lowest BCUT2D eigenvalue weighted by Crippen LogP contribution is -2.35. The number of carbonyl (C=O) groups is 1. The summed E-state index contributed by atoms with van der Waals surface area (Å²) in [6.45, 7) is 5.12. The molecule has 1 aromatic rings. The second-order valence-electron chi connectivity index (χ2n) is 3.98. The van der Waals surface area contributed by atoms with Crippen molar-refractivity contribution < 1.29 is 9.53 Å². The highest BCUT2D eigenvalue weighted by Crippen LogP contribution is 2.23. The van der Waals surface area contributed by atoms with Crippen LogP contribution in [0.3, 0.4) is 0 Å². The van der Waals surface area contributed by atoms with Gasteiger partial charge in [0.1, 0.15) is 5.75 Å². The van der Waals surface area contributed by atoms with Crippen LogP contribution in [0.1, 0.15) is 25.5 Å². The van der Waals surface area contributed by atoms with Crippen LogP contribution in [0.2, 0.25) is 0 Å². The van der Waals surface area contributed by atoms with Crippen LogP contribution in [-0.4, -0.2) is 31.0 Å². The van der Waals surface area contributed by atoms with Crippen LogP contribution in [0.15, 0.2) is 24.3 Å². The molecule has 0 fully saturated rings. The van der Waals surface area contributed by atoms with Crippen molar-refractivity contribution in [1.29, 1.82) is 0 Å². The van der Waals surface area contributed by atoms with Gasteiger partial charge in [0, 0.05) is 6.04 Å². The summed E-state index contributed by atoms with van der Waals surface area (Å²) in [7, 11) is 1.64. The Hall–Kier alpha value is -1.55. The Kier molecular flexibility index (Phi) is 4.97. The van der Waals surface area contributed by atoms with Crippen molar-refractivity contribution in [2.45, 2.75) is 19.9 Å². The average Bonchev–Trinajstić information content (AvgIpc) is 2.35. The molecule has 0 aromatic heterocycles. The number of primary amides is 1. The fourth-order valence-electron chi connectivity index (χ4n) is 1.83. The monoisotopic (exact) mass is 236 g/mol. The molecule has 0 saturated carbocycles. The molecule has 1 aromatic carbocycles. The Balaban J connectivity index is 2.84. The molecule has 0 radical (unpaired) electrons. The lowest BCUT2D eigenvalue weighted by molar-refractivity contribution is -0.119. The number of nitrogens with two attached hydrogens (primary N) is 1. The summed E-state index contributed by atoms with van der Waals surface area (Å²) >= 11 is 0. The number of benzene rings is 1. The van der Waals surface area contributed by atoms with E-state index in [0.717, 1.165) is 17.9 Å². The van der Waals surface area contributed by atoms with Crippen LogP contribution in [0.5, 0.6) is 5.75 Å². The SMILES string of the molecule is CCN(CC(N)=O)[C@@H](C)c1cccc(OC)c1. The predicted octanol–water partition coefficient (Wildman–Crippen LogP) is 1.56. The Morgan fingerprint density at radius 3 is 2.76 bits per heavy atom. The maximum absolute atomic E-state index is 11.0. The summed E-state index contributed by atoms with van der Waals surface area (Å²) in [6, 6.07) is 8.00. The molecule has 0 spiro atoms. The standard InChI is InChI=1S/C13H20N2O2/c1-4-15(9-13(14)16)10(2)11-6-5-7-12(8-11)17-3/h5-8,10H,4,9H2,1-3H3,(H2,14,16)/t10-/m0/s1. The van der Waals surface area contributed by atoms with Crippen LogP contribution in [0.25, 0.3) is 0 Å². The Labute approximate surface area is 102 Å². The molecular formula is C13H20N2O2. The summed E-state index contributed by atoms with van der Waals surface area (Å²) in [5, 5.41) is 0. The van der Waals surface area contributed by atoms with E-state index in [1.807, 2.05) is 36.1 Å². The van der Waals surface area contributed by atoms with E-state index in [1.54, 1.807) is 7.11 Å². The van der Waals surface area contributed by atoms with Crippen molar-refractivity contribution in [3.05, 3.63) is 29.8 Å². The number of nitrogens with zero attached hydrogens (tertiary/aromatic N) is 1. The third-order valence-electron chi connectivity index (χ3n) is 2.89. The number of likely N-dealkylation sites (N-methyl/N-ethyl adjacent to an activating group) is 1. The lowest BCUT2D eigenvalue weighted by Gasteiger charge is -2.27. The summed E-state index contributed by atoms with van der Waals surface area (Å²) in [5.41, 5.74) is 6.35. The summed E-state index contributed by atoms with van der Waals surface area (Å²) < 4.78 is 5.19. The van der Waals surface area contributed by atoms with E-state index in [-0.39, 0.29) is 18.5 Å². The van der Waals surface area contributed by atoms with Gasteiger partial charge in [-0.15, -0.1) is 0 Å². The fraction of sp³-hybridized carbons (Fsp3) is 0.462. The number of methoxy groups -OCH3 is 1. The zero-order valence-electron chi connectivity index (χ0n) is 10.6. The smallest absolute Gasteiger partial charge is 0.231 e. The highest BCUT2D eigenvalue weighted by Gasteiger charge is 2.16. The van der Waals surface area contributed by atoms with Crippen molar-refractivity contribution in [3.8, 4) is 5.75 Å². The molecule has 0 aliphatic heterocycles. The maximum atomic E-state index is 11.0. The Morgan fingerprint density at radius 2 is 2.24 bits per heavy atom. The first-order valence-electron chi connectivity index (χ1n) is 5.74. The topological polar surface area (TPSA) is 55.6 Å². The first kappa shape index (κ1) is 13.5. The van der Waals surface area contributed by atoms with E-state index in [9.17, 15) is 4.79 Å². The molecule has 0 aliphatic carbocycles. The van der Waals surface area contributed by atoms with Crippen LogP contribution in [0, 0.1) is 0 Å². The lowest BCUT2D eigenvalue weighted by atomic mass is 10.1. The van der Waals surface area contributed by atoms with Crippen molar-refractivity contribution >= 4 is 5.91 Å². The van der Waals surface area contributed by atoms with Gasteiger partial charge in [-0.2, -0.15) is 0 Å². The minimum atomic E-state index is -0.304. The van der Waals surface area contributed by atoms with E-state index in [2.05, 4.69) is 6.92 Å². The first-order chi connectivity index (χ1) is 8.08. The second kappa shape index (κ2) is 6.25. The zero-order chi connectivity index (χ0) is 12.8. The maximum Gasteiger partial charge on any atom is 0.231 e. The number of carbonyl (C=O) groups excluding carboxylic acids is 1. The van der Waals surface area contributed by atoms with E-state index in [1.165, 1.54) is 0 Å². The van der Waals surface area contributed by atoms with Crippen LogP contribution < -0.4 is 10.5 Å². The largest absolute Gasteiger partial charge is 0.497 e. The van der Waals surface area contributed by atoms with Crippen LogP contribution in [-0.2, 0) is 4.79 Å². The summed E-state index contributed by atoms with van der Waals surface area (Å²) in [5.74, 6) is 0.520. The molecule has 2 N–H and O–H groups in total. The molecule has 4 nitrogen and oxygen atoms in total. The fourth-order valence-corrected chi connectivity index (χ4v) is 1.83.